The molecule has 2 fully saturated rings. The number of halogens is 1. The number of aromatic nitrogens is 1. The fraction of sp³-hybridized carbons (Fsp3) is 0.333. The van der Waals surface area contributed by atoms with E-state index in [2.05, 4.69) is 32.2 Å². The van der Waals surface area contributed by atoms with Gasteiger partial charge in [0.1, 0.15) is 11.9 Å². The van der Waals surface area contributed by atoms with Crippen LogP contribution in [0.3, 0.4) is 0 Å². The lowest BCUT2D eigenvalue weighted by molar-refractivity contribution is -0.136. The van der Waals surface area contributed by atoms with E-state index in [-0.39, 0.29) is 36.8 Å². The van der Waals surface area contributed by atoms with Crippen LogP contribution in [-0.4, -0.2) is 64.7 Å². The van der Waals surface area contributed by atoms with Crippen LogP contribution in [-0.2, 0) is 22.7 Å². The Labute approximate surface area is 212 Å². The lowest BCUT2D eigenvalue weighted by atomic mass is 10.0. The van der Waals surface area contributed by atoms with Crippen molar-refractivity contribution in [1.82, 2.24) is 20.1 Å². The molecule has 3 aromatic rings. The molecule has 37 heavy (non-hydrogen) atoms. The van der Waals surface area contributed by atoms with E-state index >= 15 is 0 Å². The normalized spacial score (nSPS) is 20.3. The van der Waals surface area contributed by atoms with Crippen molar-refractivity contribution < 1.29 is 18.8 Å². The van der Waals surface area contributed by atoms with Crippen molar-refractivity contribution in [2.24, 2.45) is 0 Å². The Morgan fingerprint density at radius 2 is 1.86 bits per heavy atom. The van der Waals surface area contributed by atoms with E-state index in [0.29, 0.717) is 24.3 Å². The van der Waals surface area contributed by atoms with Crippen molar-refractivity contribution >= 4 is 34.3 Å². The van der Waals surface area contributed by atoms with Crippen LogP contribution >= 0.6 is 0 Å². The molecule has 2 N–H and O–H groups in total. The summed E-state index contributed by atoms with van der Waals surface area (Å²) in [5, 5.41) is 12.5. The summed E-state index contributed by atoms with van der Waals surface area (Å²) >= 11 is 0. The number of aromatic amines is 1. The van der Waals surface area contributed by atoms with Crippen LogP contribution < -0.4 is 10.2 Å². The second-order valence-electron chi connectivity index (χ2n) is 9.82. The Morgan fingerprint density at radius 1 is 1.05 bits per heavy atom. The number of hydrogen-bond acceptors (Lipinski definition) is 6. The lowest BCUT2D eigenvalue weighted by Crippen LogP contribution is -2.52. The van der Waals surface area contributed by atoms with E-state index in [9.17, 15) is 18.8 Å². The summed E-state index contributed by atoms with van der Waals surface area (Å²) in [5.41, 5.74) is 4.33. The van der Waals surface area contributed by atoms with E-state index < -0.39 is 17.8 Å². The molecule has 0 saturated carbocycles. The highest BCUT2D eigenvalue weighted by molar-refractivity contribution is 6.06. The molecule has 3 aliphatic rings. The number of anilines is 1. The van der Waals surface area contributed by atoms with Crippen LogP contribution in [0.2, 0.25) is 0 Å². The number of hydrogen-bond donors (Lipinski definition) is 2. The lowest BCUT2D eigenvalue weighted by Gasteiger charge is -2.37. The Morgan fingerprint density at radius 3 is 2.62 bits per heavy atom. The van der Waals surface area contributed by atoms with Crippen LogP contribution in [0, 0.1) is 17.1 Å². The van der Waals surface area contributed by atoms with Crippen LogP contribution in [0.1, 0.15) is 40.0 Å². The number of imide groups is 1. The minimum Gasteiger partial charge on any atom is -0.369 e. The largest absolute Gasteiger partial charge is 0.369 e. The molecular formula is C27H25FN6O3. The van der Waals surface area contributed by atoms with Gasteiger partial charge in [-0.2, -0.15) is 5.26 Å². The zero-order chi connectivity index (χ0) is 25.7. The maximum absolute atomic E-state index is 14.6. The molecule has 0 aliphatic carbocycles. The number of piperidine rings is 1. The van der Waals surface area contributed by atoms with E-state index in [1.807, 2.05) is 18.2 Å². The average molecular weight is 501 g/mol. The van der Waals surface area contributed by atoms with Gasteiger partial charge in [-0.3, -0.25) is 24.6 Å². The van der Waals surface area contributed by atoms with E-state index in [1.54, 1.807) is 0 Å². The van der Waals surface area contributed by atoms with Crippen molar-refractivity contribution in [2.45, 2.75) is 32.0 Å². The average Bonchev–Trinajstić information content (AvgIpc) is 3.44. The van der Waals surface area contributed by atoms with Gasteiger partial charge < -0.3 is 14.8 Å². The summed E-state index contributed by atoms with van der Waals surface area (Å²) in [6.45, 7) is 3.80. The molecule has 3 aliphatic heterocycles. The SMILES string of the molecule is N#Cc1ccc2cc(CN3CCN(c4cc(F)cc5c4CN(C4CCC(=O)NC4=O)C5=O)CC3)[nH]c2c1. The fourth-order valence-electron chi connectivity index (χ4n) is 5.62. The monoisotopic (exact) mass is 500 g/mol. The number of nitrogens with zero attached hydrogens (tertiary/aromatic N) is 4. The molecule has 0 spiro atoms. The highest BCUT2D eigenvalue weighted by Gasteiger charge is 2.41. The fourth-order valence-corrected chi connectivity index (χ4v) is 5.62. The minimum atomic E-state index is -0.731. The molecule has 3 amide bonds. The summed E-state index contributed by atoms with van der Waals surface area (Å²) in [6.07, 6.45) is 0.446. The topological polar surface area (TPSA) is 113 Å². The van der Waals surface area contributed by atoms with Gasteiger partial charge in [0.05, 0.1) is 11.6 Å². The Hall–Kier alpha value is -4.23. The minimum absolute atomic E-state index is 0.176. The molecule has 2 saturated heterocycles. The number of piperazine rings is 1. The molecule has 188 valence electrons. The summed E-state index contributed by atoms with van der Waals surface area (Å²) in [7, 11) is 0. The highest BCUT2D eigenvalue weighted by atomic mass is 19.1. The van der Waals surface area contributed by atoms with Gasteiger partial charge in [-0.15, -0.1) is 0 Å². The number of rotatable bonds is 4. The van der Waals surface area contributed by atoms with Crippen molar-refractivity contribution in [3.05, 3.63) is 64.6 Å². The van der Waals surface area contributed by atoms with Gasteiger partial charge in [-0.05, 0) is 42.1 Å². The van der Waals surface area contributed by atoms with E-state index in [0.717, 1.165) is 41.8 Å². The van der Waals surface area contributed by atoms with Crippen molar-refractivity contribution in [1.29, 1.82) is 5.26 Å². The standard InChI is InChI=1S/C27H25FN6O3/c28-18-11-20-21(15-34(27(20)37)23-3-4-25(35)31-26(23)36)24(12-18)33-7-5-32(6-8-33)14-19-10-17-2-1-16(13-29)9-22(17)30-19/h1-2,9-12,23,30H,3-8,14-15H2,(H,31,35,36). The molecule has 1 aromatic heterocycles. The Balaban J connectivity index is 1.16. The number of H-pyrrole nitrogens is 1. The summed E-state index contributed by atoms with van der Waals surface area (Å²) in [4.78, 5) is 46.3. The molecule has 0 radical (unpaired) electrons. The Bertz CT molecular complexity index is 1480. The molecule has 0 bridgehead atoms. The molecule has 2 aromatic carbocycles. The third-order valence-corrected chi connectivity index (χ3v) is 7.51. The van der Waals surface area contributed by atoms with Crippen molar-refractivity contribution in [3.8, 4) is 6.07 Å². The number of nitrogens with one attached hydrogen (secondary N) is 2. The third-order valence-electron chi connectivity index (χ3n) is 7.51. The zero-order valence-corrected chi connectivity index (χ0v) is 20.1. The number of benzene rings is 2. The number of carbonyl (C=O) groups is 3. The van der Waals surface area contributed by atoms with Crippen molar-refractivity contribution in [3.63, 3.8) is 0 Å². The summed E-state index contributed by atoms with van der Waals surface area (Å²) in [5.74, 6) is -1.67. The predicted octanol–water partition coefficient (Wildman–Crippen LogP) is 2.26. The van der Waals surface area contributed by atoms with Crippen LogP contribution in [0.25, 0.3) is 10.9 Å². The maximum atomic E-state index is 14.6. The first-order valence-corrected chi connectivity index (χ1v) is 12.4. The smallest absolute Gasteiger partial charge is 0.255 e. The molecule has 1 atom stereocenters. The molecule has 9 nitrogen and oxygen atoms in total. The first kappa shape index (κ1) is 23.2. The van der Waals surface area contributed by atoms with Crippen LogP contribution in [0.4, 0.5) is 10.1 Å². The first-order valence-electron chi connectivity index (χ1n) is 12.4. The maximum Gasteiger partial charge on any atom is 0.255 e. The molecular weight excluding hydrogens is 475 g/mol. The highest BCUT2D eigenvalue weighted by Crippen LogP contribution is 2.35. The number of amides is 3. The summed E-state index contributed by atoms with van der Waals surface area (Å²) < 4.78 is 14.6. The van der Waals surface area contributed by atoms with Gasteiger partial charge in [-0.1, -0.05) is 6.07 Å². The van der Waals surface area contributed by atoms with Gasteiger partial charge in [0, 0.05) is 73.7 Å². The third kappa shape index (κ3) is 4.21. The second-order valence-corrected chi connectivity index (χ2v) is 9.82. The predicted molar refractivity (Wildman–Crippen MR) is 133 cm³/mol. The van der Waals surface area contributed by atoms with Crippen LogP contribution in [0.5, 0.6) is 0 Å². The Kier molecular flexibility index (Phi) is 5.65. The van der Waals surface area contributed by atoms with Gasteiger partial charge >= 0.3 is 0 Å². The molecule has 10 heteroatoms. The number of fused-ring (bicyclic) bond motifs is 2. The van der Waals surface area contributed by atoms with Gasteiger partial charge in [0.2, 0.25) is 11.8 Å². The second kappa shape index (κ2) is 9.01. The first-order chi connectivity index (χ1) is 17.9. The zero-order valence-electron chi connectivity index (χ0n) is 20.1. The van der Waals surface area contributed by atoms with Gasteiger partial charge in [0.15, 0.2) is 0 Å². The number of carbonyl (C=O) groups excluding carboxylic acids is 3. The molecule has 4 heterocycles. The van der Waals surface area contributed by atoms with Gasteiger partial charge in [0.25, 0.3) is 5.91 Å². The summed E-state index contributed by atoms with van der Waals surface area (Å²) in [6, 6.07) is 11.8. The molecule has 1 unspecified atom stereocenters. The van der Waals surface area contributed by atoms with Crippen LogP contribution in [0.15, 0.2) is 36.4 Å². The van der Waals surface area contributed by atoms with E-state index in [4.69, 9.17) is 5.26 Å². The van der Waals surface area contributed by atoms with Gasteiger partial charge in [-0.25, -0.2) is 4.39 Å². The number of nitriles is 1. The van der Waals surface area contributed by atoms with Crippen molar-refractivity contribution in [2.75, 3.05) is 31.1 Å². The quantitative estimate of drug-likeness (QED) is 0.532. The van der Waals surface area contributed by atoms with E-state index in [1.165, 1.54) is 17.0 Å². The molecule has 6 rings (SSSR count).